The van der Waals surface area contributed by atoms with E-state index in [0.29, 0.717) is 26.1 Å². The lowest BCUT2D eigenvalue weighted by atomic mass is 10.2. The number of aromatic nitrogens is 2. The molecule has 2 aromatic heterocycles. The van der Waals surface area contributed by atoms with Gasteiger partial charge in [0.15, 0.2) is 5.17 Å². The lowest BCUT2D eigenvalue weighted by molar-refractivity contribution is -0.129. The van der Waals surface area contributed by atoms with E-state index in [9.17, 15) is 14.4 Å². The van der Waals surface area contributed by atoms with Crippen molar-refractivity contribution in [2.45, 2.75) is 44.0 Å². The lowest BCUT2D eigenvalue weighted by Gasteiger charge is -2.17. The molecule has 1 atom stereocenters. The second kappa shape index (κ2) is 9.52. The number of hydrogen-bond acceptors (Lipinski definition) is 7. The molecule has 1 N–H and O–H groups in total. The fourth-order valence-corrected chi connectivity index (χ4v) is 5.72. The molecule has 2 fully saturated rings. The van der Waals surface area contributed by atoms with Crippen LogP contribution in [0.25, 0.3) is 10.2 Å². The molecule has 1 aliphatic heterocycles. The summed E-state index contributed by atoms with van der Waals surface area (Å²) in [5, 5.41) is 5.85. The minimum Gasteiger partial charge on any atom is -0.353 e. The lowest BCUT2D eigenvalue weighted by Crippen LogP contribution is -2.38. The van der Waals surface area contributed by atoms with Crippen LogP contribution in [0.3, 0.4) is 0 Å². The molecule has 11 heteroatoms. The quantitative estimate of drug-likeness (QED) is 0.517. The van der Waals surface area contributed by atoms with E-state index in [1.165, 1.54) is 34.0 Å². The normalized spacial score (nSPS) is 19.4. The number of halogens is 1. The molecule has 34 heavy (non-hydrogen) atoms. The summed E-state index contributed by atoms with van der Waals surface area (Å²) in [6.45, 7) is 2.41. The Morgan fingerprint density at radius 1 is 1.26 bits per heavy atom. The molecule has 8 nitrogen and oxygen atoms in total. The number of carbonyl (C=O) groups is 2. The van der Waals surface area contributed by atoms with Crippen LogP contribution in [-0.4, -0.2) is 49.3 Å². The summed E-state index contributed by atoms with van der Waals surface area (Å²) in [5.74, 6) is -0.318. The standard InChI is InChI=1S/C23H22ClN5O3S2/c1-13-2-3-15(10-17(13)24)27-23-29(22(32)18(34-23)11-19(30)26-14-4-5-14)8-7-28-12-25-20-16(21(28)31)6-9-33-20/h2-3,6,9-10,12,14,18H,4-5,7-8,11H2,1H3,(H,26,30). The number of aryl methyl sites for hydroxylation is 1. The van der Waals surface area contributed by atoms with Crippen molar-refractivity contribution in [3.05, 3.63) is 56.9 Å². The number of amidine groups is 1. The molecule has 1 saturated carbocycles. The Bertz CT molecular complexity index is 1360. The van der Waals surface area contributed by atoms with Gasteiger partial charge < -0.3 is 5.32 Å². The maximum Gasteiger partial charge on any atom is 0.262 e. The average molecular weight is 516 g/mol. The number of nitrogens with one attached hydrogen (secondary N) is 1. The third-order valence-corrected chi connectivity index (χ3v) is 8.13. The Morgan fingerprint density at radius 3 is 2.85 bits per heavy atom. The highest BCUT2D eigenvalue weighted by Crippen LogP contribution is 2.33. The predicted octanol–water partition coefficient (Wildman–Crippen LogP) is 3.72. The van der Waals surface area contributed by atoms with E-state index < -0.39 is 5.25 Å². The number of hydrogen-bond donors (Lipinski definition) is 1. The summed E-state index contributed by atoms with van der Waals surface area (Å²) in [5.41, 5.74) is 1.41. The van der Waals surface area contributed by atoms with E-state index >= 15 is 0 Å². The first-order chi connectivity index (χ1) is 16.4. The van der Waals surface area contributed by atoms with Gasteiger partial charge in [0.05, 0.1) is 17.4 Å². The highest BCUT2D eigenvalue weighted by molar-refractivity contribution is 8.15. The first kappa shape index (κ1) is 23.1. The van der Waals surface area contributed by atoms with Crippen molar-refractivity contribution in [3.8, 4) is 0 Å². The molecule has 2 aliphatic rings. The number of nitrogens with zero attached hydrogens (tertiary/aromatic N) is 4. The maximum absolute atomic E-state index is 13.3. The van der Waals surface area contributed by atoms with Crippen LogP contribution in [0.2, 0.25) is 5.02 Å². The number of thioether (sulfide) groups is 1. The minimum atomic E-state index is -0.562. The van der Waals surface area contributed by atoms with Crippen molar-refractivity contribution < 1.29 is 9.59 Å². The van der Waals surface area contributed by atoms with Crippen LogP contribution in [0.15, 0.2) is 45.8 Å². The van der Waals surface area contributed by atoms with Gasteiger partial charge in [-0.25, -0.2) is 9.98 Å². The monoisotopic (exact) mass is 515 g/mol. The van der Waals surface area contributed by atoms with E-state index in [0.717, 1.165) is 18.4 Å². The zero-order chi connectivity index (χ0) is 23.8. The van der Waals surface area contributed by atoms with Crippen LogP contribution >= 0.6 is 34.7 Å². The number of carbonyl (C=O) groups excluding carboxylic acids is 2. The van der Waals surface area contributed by atoms with Crippen LogP contribution in [0.1, 0.15) is 24.8 Å². The fourth-order valence-electron chi connectivity index (χ4n) is 3.64. The van der Waals surface area contributed by atoms with Crippen molar-refractivity contribution in [2.75, 3.05) is 6.54 Å². The Kier molecular flexibility index (Phi) is 6.46. The SMILES string of the molecule is Cc1ccc(N=C2SC(CC(=O)NC3CC3)C(=O)N2CCn2cnc3sccc3c2=O)cc1Cl. The second-order valence-corrected chi connectivity index (χ2v) is 10.8. The third-order valence-electron chi connectivity index (χ3n) is 5.73. The van der Waals surface area contributed by atoms with Crippen LogP contribution in [-0.2, 0) is 16.1 Å². The van der Waals surface area contributed by atoms with Crippen LogP contribution in [0, 0.1) is 6.92 Å². The first-order valence-corrected chi connectivity index (χ1v) is 13.1. The molecule has 1 unspecified atom stereocenters. The maximum atomic E-state index is 13.3. The van der Waals surface area contributed by atoms with Crippen LogP contribution in [0.5, 0.6) is 0 Å². The summed E-state index contributed by atoms with van der Waals surface area (Å²) in [7, 11) is 0. The van der Waals surface area contributed by atoms with Gasteiger partial charge in [-0.3, -0.25) is 23.9 Å². The van der Waals surface area contributed by atoms with Crippen LogP contribution in [0.4, 0.5) is 5.69 Å². The van der Waals surface area contributed by atoms with Gasteiger partial charge in [-0.1, -0.05) is 29.4 Å². The number of thiophene rings is 1. The van der Waals surface area contributed by atoms with Gasteiger partial charge in [0.25, 0.3) is 5.56 Å². The zero-order valence-electron chi connectivity index (χ0n) is 18.4. The Morgan fingerprint density at radius 2 is 2.09 bits per heavy atom. The fraction of sp³-hybridized carbons (Fsp3) is 0.348. The number of fused-ring (bicyclic) bond motifs is 1. The molecular formula is C23H22ClN5O3S2. The summed E-state index contributed by atoms with van der Waals surface area (Å²) < 4.78 is 1.50. The topological polar surface area (TPSA) is 96.7 Å². The summed E-state index contributed by atoms with van der Waals surface area (Å²) in [6.07, 6.45) is 3.57. The minimum absolute atomic E-state index is 0.0898. The van der Waals surface area contributed by atoms with E-state index in [1.807, 2.05) is 24.4 Å². The molecular weight excluding hydrogens is 494 g/mol. The Balaban J connectivity index is 1.39. The molecule has 3 heterocycles. The van der Waals surface area contributed by atoms with Crippen molar-refractivity contribution in [3.63, 3.8) is 0 Å². The zero-order valence-corrected chi connectivity index (χ0v) is 20.8. The smallest absolute Gasteiger partial charge is 0.262 e. The molecule has 176 valence electrons. The molecule has 2 amide bonds. The molecule has 0 bridgehead atoms. The summed E-state index contributed by atoms with van der Waals surface area (Å²) in [6, 6.07) is 7.45. The highest BCUT2D eigenvalue weighted by atomic mass is 35.5. The summed E-state index contributed by atoms with van der Waals surface area (Å²) >= 11 is 8.94. The van der Waals surface area contributed by atoms with E-state index in [-0.39, 0.29) is 42.9 Å². The molecule has 1 aliphatic carbocycles. The van der Waals surface area contributed by atoms with Gasteiger partial charge in [-0.15, -0.1) is 11.3 Å². The van der Waals surface area contributed by atoms with E-state index in [2.05, 4.69) is 15.3 Å². The molecule has 5 rings (SSSR count). The second-order valence-electron chi connectivity index (χ2n) is 8.35. The average Bonchev–Trinajstić information content (AvgIpc) is 3.39. The van der Waals surface area contributed by atoms with E-state index in [4.69, 9.17) is 11.6 Å². The molecule has 3 aromatic rings. The van der Waals surface area contributed by atoms with Crippen molar-refractivity contribution in [2.24, 2.45) is 4.99 Å². The molecule has 1 aromatic carbocycles. The van der Waals surface area contributed by atoms with E-state index in [1.54, 1.807) is 17.0 Å². The summed E-state index contributed by atoms with van der Waals surface area (Å²) in [4.78, 5) is 49.6. The highest BCUT2D eigenvalue weighted by Gasteiger charge is 2.39. The molecule has 0 spiro atoms. The molecule has 0 radical (unpaired) electrons. The van der Waals surface area contributed by atoms with Gasteiger partial charge in [-0.2, -0.15) is 0 Å². The third kappa shape index (κ3) is 4.89. The number of benzene rings is 1. The number of amides is 2. The van der Waals surface area contributed by atoms with Gasteiger partial charge in [0.2, 0.25) is 11.8 Å². The van der Waals surface area contributed by atoms with Gasteiger partial charge in [0.1, 0.15) is 10.1 Å². The Labute approximate surface area is 209 Å². The Hall–Kier alpha value is -2.69. The van der Waals surface area contributed by atoms with Crippen LogP contribution < -0.4 is 10.9 Å². The number of aliphatic imine (C=N–C) groups is 1. The van der Waals surface area contributed by atoms with Gasteiger partial charge in [-0.05, 0) is 48.9 Å². The predicted molar refractivity (Wildman–Crippen MR) is 136 cm³/mol. The van der Waals surface area contributed by atoms with Crippen molar-refractivity contribution in [1.29, 1.82) is 0 Å². The van der Waals surface area contributed by atoms with Crippen molar-refractivity contribution >= 4 is 67.6 Å². The van der Waals surface area contributed by atoms with Gasteiger partial charge in [0, 0.05) is 30.6 Å². The first-order valence-electron chi connectivity index (χ1n) is 10.9. The number of rotatable bonds is 7. The van der Waals surface area contributed by atoms with Crippen molar-refractivity contribution in [1.82, 2.24) is 19.8 Å². The van der Waals surface area contributed by atoms with Gasteiger partial charge >= 0.3 is 0 Å². The largest absolute Gasteiger partial charge is 0.353 e. The molecule has 1 saturated heterocycles.